The van der Waals surface area contributed by atoms with Gasteiger partial charge in [0, 0.05) is 24.5 Å². The van der Waals surface area contributed by atoms with E-state index in [9.17, 15) is 8.42 Å². The Morgan fingerprint density at radius 1 is 1.20 bits per heavy atom. The molecule has 2 rings (SSSR count). The van der Waals surface area contributed by atoms with E-state index in [0.717, 1.165) is 5.56 Å². The van der Waals surface area contributed by atoms with Crippen molar-refractivity contribution in [1.82, 2.24) is 4.98 Å². The summed E-state index contributed by atoms with van der Waals surface area (Å²) < 4.78 is 27.3. The molecular weight excluding hydrogens is 298 g/mol. The number of rotatable bonds is 4. The summed E-state index contributed by atoms with van der Waals surface area (Å²) in [6.07, 6.45) is 2.82. The van der Waals surface area contributed by atoms with Gasteiger partial charge in [-0.05, 0) is 30.7 Å². The first-order chi connectivity index (χ1) is 9.44. The highest BCUT2D eigenvalue weighted by Gasteiger charge is 2.19. The smallest absolute Gasteiger partial charge is 0.265 e. The third-order valence-corrected chi connectivity index (χ3v) is 4.42. The second-order valence-corrected chi connectivity index (χ2v) is 6.27. The van der Waals surface area contributed by atoms with E-state index in [1.165, 1.54) is 12.4 Å². The van der Waals surface area contributed by atoms with Gasteiger partial charge in [-0.3, -0.25) is 9.71 Å². The van der Waals surface area contributed by atoms with E-state index in [1.807, 2.05) is 0 Å². The van der Waals surface area contributed by atoms with E-state index in [2.05, 4.69) is 15.0 Å². The Hall–Kier alpha value is -1.79. The van der Waals surface area contributed by atoms with Crippen LogP contribution in [0.5, 0.6) is 0 Å². The Kier molecular flexibility index (Phi) is 4.15. The fourth-order valence-electron chi connectivity index (χ4n) is 1.70. The number of aryl methyl sites for hydroxylation is 1. The number of hydrogen-bond donors (Lipinski definition) is 2. The Morgan fingerprint density at radius 2 is 1.95 bits per heavy atom. The zero-order valence-corrected chi connectivity index (χ0v) is 12.6. The van der Waals surface area contributed by atoms with Gasteiger partial charge in [-0.15, -0.1) is 0 Å². The molecule has 0 saturated carbocycles. The van der Waals surface area contributed by atoms with Gasteiger partial charge in [-0.25, -0.2) is 8.42 Å². The topological polar surface area (TPSA) is 71.1 Å². The van der Waals surface area contributed by atoms with E-state index in [1.54, 1.807) is 38.2 Å². The maximum atomic E-state index is 12.4. The van der Waals surface area contributed by atoms with Crippen molar-refractivity contribution in [3.8, 4) is 0 Å². The number of benzene rings is 1. The van der Waals surface area contributed by atoms with Crippen LogP contribution in [0.1, 0.15) is 5.56 Å². The SMILES string of the molecule is CNc1ccncc1S(=O)(=O)Nc1cc(Cl)ccc1C. The van der Waals surface area contributed by atoms with Crippen LogP contribution < -0.4 is 10.0 Å². The lowest BCUT2D eigenvalue weighted by Crippen LogP contribution is -2.15. The van der Waals surface area contributed by atoms with Gasteiger partial charge in [-0.2, -0.15) is 0 Å². The fraction of sp³-hybridized carbons (Fsp3) is 0.154. The van der Waals surface area contributed by atoms with Gasteiger partial charge in [0.1, 0.15) is 4.90 Å². The van der Waals surface area contributed by atoms with Gasteiger partial charge in [0.2, 0.25) is 0 Å². The van der Waals surface area contributed by atoms with Crippen LogP contribution in [0.3, 0.4) is 0 Å². The van der Waals surface area contributed by atoms with Crippen LogP contribution >= 0.6 is 11.6 Å². The van der Waals surface area contributed by atoms with Gasteiger partial charge in [0.25, 0.3) is 10.0 Å². The van der Waals surface area contributed by atoms with Gasteiger partial charge in [0.05, 0.1) is 11.4 Å². The molecule has 1 heterocycles. The molecule has 20 heavy (non-hydrogen) atoms. The third-order valence-electron chi connectivity index (χ3n) is 2.79. The van der Waals surface area contributed by atoms with Crippen molar-refractivity contribution in [3.63, 3.8) is 0 Å². The van der Waals surface area contributed by atoms with Crippen LogP contribution in [0.25, 0.3) is 0 Å². The normalized spacial score (nSPS) is 11.2. The van der Waals surface area contributed by atoms with Gasteiger partial charge < -0.3 is 5.32 Å². The van der Waals surface area contributed by atoms with Crippen molar-refractivity contribution < 1.29 is 8.42 Å². The number of halogens is 1. The number of pyridine rings is 1. The van der Waals surface area contributed by atoms with Crippen LogP contribution in [-0.2, 0) is 10.0 Å². The van der Waals surface area contributed by atoms with Crippen molar-refractivity contribution in [2.75, 3.05) is 17.1 Å². The van der Waals surface area contributed by atoms with Gasteiger partial charge in [0.15, 0.2) is 0 Å². The average Bonchev–Trinajstić information content (AvgIpc) is 2.42. The highest BCUT2D eigenvalue weighted by Crippen LogP contribution is 2.26. The summed E-state index contributed by atoms with van der Waals surface area (Å²) in [6, 6.07) is 6.63. The molecule has 0 aliphatic heterocycles. The molecular formula is C13H14ClN3O2S. The van der Waals surface area contributed by atoms with E-state index >= 15 is 0 Å². The summed E-state index contributed by atoms with van der Waals surface area (Å²) in [5.41, 5.74) is 1.71. The summed E-state index contributed by atoms with van der Waals surface area (Å²) in [5, 5.41) is 3.29. The quantitative estimate of drug-likeness (QED) is 0.911. The maximum Gasteiger partial charge on any atom is 0.265 e. The van der Waals surface area contributed by atoms with Crippen LogP contribution in [0.2, 0.25) is 5.02 Å². The highest BCUT2D eigenvalue weighted by atomic mass is 35.5. The zero-order chi connectivity index (χ0) is 14.8. The molecule has 0 aliphatic rings. The molecule has 0 aliphatic carbocycles. The first-order valence-electron chi connectivity index (χ1n) is 5.85. The molecule has 7 heteroatoms. The molecule has 0 spiro atoms. The van der Waals surface area contributed by atoms with E-state index in [-0.39, 0.29) is 4.90 Å². The molecule has 0 radical (unpaired) electrons. The number of sulfonamides is 1. The monoisotopic (exact) mass is 311 g/mol. The summed E-state index contributed by atoms with van der Waals surface area (Å²) in [7, 11) is -2.08. The molecule has 0 saturated heterocycles. The van der Waals surface area contributed by atoms with Gasteiger partial charge in [-0.1, -0.05) is 17.7 Å². The molecule has 0 fully saturated rings. The lowest BCUT2D eigenvalue weighted by atomic mass is 10.2. The van der Waals surface area contributed by atoms with Crippen molar-refractivity contribution >= 4 is 33.0 Å². The largest absolute Gasteiger partial charge is 0.387 e. The molecule has 5 nitrogen and oxygen atoms in total. The molecule has 2 aromatic rings. The lowest BCUT2D eigenvalue weighted by Gasteiger charge is -2.13. The minimum atomic E-state index is -3.73. The van der Waals surface area contributed by atoms with E-state index in [4.69, 9.17) is 11.6 Å². The molecule has 106 valence electrons. The van der Waals surface area contributed by atoms with Crippen LogP contribution in [0.15, 0.2) is 41.6 Å². The van der Waals surface area contributed by atoms with Crippen molar-refractivity contribution in [1.29, 1.82) is 0 Å². The number of nitrogens with zero attached hydrogens (tertiary/aromatic N) is 1. The number of nitrogens with one attached hydrogen (secondary N) is 2. The third kappa shape index (κ3) is 3.02. The van der Waals surface area contributed by atoms with Crippen LogP contribution in [0, 0.1) is 6.92 Å². The van der Waals surface area contributed by atoms with Crippen molar-refractivity contribution in [2.24, 2.45) is 0 Å². The molecule has 1 aromatic heterocycles. The summed E-state index contributed by atoms with van der Waals surface area (Å²) in [6.45, 7) is 1.80. The predicted molar refractivity (Wildman–Crippen MR) is 80.8 cm³/mol. The Balaban J connectivity index is 2.43. The van der Waals surface area contributed by atoms with Crippen molar-refractivity contribution in [2.45, 2.75) is 11.8 Å². The summed E-state index contributed by atoms with van der Waals surface area (Å²) >= 11 is 5.89. The van der Waals surface area contributed by atoms with E-state index in [0.29, 0.717) is 16.4 Å². The van der Waals surface area contributed by atoms with Crippen LogP contribution in [0.4, 0.5) is 11.4 Å². The Bertz CT molecular complexity index is 732. The summed E-state index contributed by atoms with van der Waals surface area (Å²) in [5.74, 6) is 0. The second-order valence-electron chi connectivity index (χ2n) is 4.19. The average molecular weight is 312 g/mol. The van der Waals surface area contributed by atoms with Crippen LogP contribution in [-0.4, -0.2) is 20.4 Å². The number of aromatic nitrogens is 1. The number of hydrogen-bond acceptors (Lipinski definition) is 4. The molecule has 0 atom stereocenters. The lowest BCUT2D eigenvalue weighted by molar-refractivity contribution is 0.601. The first-order valence-corrected chi connectivity index (χ1v) is 7.71. The van der Waals surface area contributed by atoms with Gasteiger partial charge >= 0.3 is 0 Å². The predicted octanol–water partition coefficient (Wildman–Crippen LogP) is 2.89. The summed E-state index contributed by atoms with van der Waals surface area (Å²) in [4.78, 5) is 3.94. The van der Waals surface area contributed by atoms with E-state index < -0.39 is 10.0 Å². The van der Waals surface area contributed by atoms with Crippen molar-refractivity contribution in [3.05, 3.63) is 47.2 Å². The standard InChI is InChI=1S/C13H14ClN3O2S/c1-9-3-4-10(14)7-12(9)17-20(18,19)13-8-16-6-5-11(13)15-2/h3-8,17H,1-2H3,(H,15,16). The minimum absolute atomic E-state index is 0.0851. The first kappa shape index (κ1) is 14.6. The molecule has 0 bridgehead atoms. The minimum Gasteiger partial charge on any atom is -0.387 e. The number of anilines is 2. The maximum absolute atomic E-state index is 12.4. The second kappa shape index (κ2) is 5.68. The Labute approximate surface area is 123 Å². The Morgan fingerprint density at radius 3 is 2.65 bits per heavy atom. The molecule has 2 N–H and O–H groups in total. The molecule has 1 aromatic carbocycles. The molecule has 0 unspecified atom stereocenters. The zero-order valence-electron chi connectivity index (χ0n) is 11.0. The highest BCUT2D eigenvalue weighted by molar-refractivity contribution is 7.92. The fourth-order valence-corrected chi connectivity index (χ4v) is 3.16. The molecule has 0 amide bonds.